The van der Waals surface area contributed by atoms with Crippen LogP contribution in [0.25, 0.3) is 0 Å². The van der Waals surface area contributed by atoms with Crippen molar-refractivity contribution in [1.29, 1.82) is 0 Å². The van der Waals surface area contributed by atoms with Crippen LogP contribution in [0.3, 0.4) is 0 Å². The molecule has 1 amide bonds. The number of methoxy groups -OCH3 is 1. The lowest BCUT2D eigenvalue weighted by Gasteiger charge is -2.16. The maximum absolute atomic E-state index is 11.9. The highest BCUT2D eigenvalue weighted by Gasteiger charge is 2.14. The molecule has 5 N–H and O–H groups in total. The van der Waals surface area contributed by atoms with Crippen LogP contribution in [0.5, 0.6) is 0 Å². The summed E-state index contributed by atoms with van der Waals surface area (Å²) in [6.45, 7) is 2.47. The van der Waals surface area contributed by atoms with E-state index in [-0.39, 0.29) is 11.9 Å². The van der Waals surface area contributed by atoms with Crippen molar-refractivity contribution in [3.8, 4) is 0 Å². The molecule has 1 aromatic rings. The van der Waals surface area contributed by atoms with E-state index in [1.165, 1.54) is 0 Å². The molecule has 0 spiro atoms. The molecular formula is C12H19N3O2. The summed E-state index contributed by atoms with van der Waals surface area (Å²) >= 11 is 0. The van der Waals surface area contributed by atoms with Crippen molar-refractivity contribution >= 4 is 17.3 Å². The number of carbonyl (C=O) groups is 1. The van der Waals surface area contributed by atoms with Gasteiger partial charge in [-0.05, 0) is 24.6 Å². The molecule has 1 rings (SSSR count). The van der Waals surface area contributed by atoms with Crippen molar-refractivity contribution in [2.24, 2.45) is 0 Å². The van der Waals surface area contributed by atoms with Crippen LogP contribution in [0.2, 0.25) is 0 Å². The van der Waals surface area contributed by atoms with Crippen LogP contribution in [0.4, 0.5) is 11.4 Å². The van der Waals surface area contributed by atoms with Gasteiger partial charge in [-0.15, -0.1) is 0 Å². The van der Waals surface area contributed by atoms with Crippen molar-refractivity contribution in [1.82, 2.24) is 5.32 Å². The lowest BCUT2D eigenvalue weighted by atomic mass is 10.1. The molecule has 0 bridgehead atoms. The highest BCUT2D eigenvalue weighted by Crippen LogP contribution is 2.15. The molecule has 1 atom stereocenters. The summed E-state index contributed by atoms with van der Waals surface area (Å²) < 4.78 is 5.02. The van der Waals surface area contributed by atoms with Crippen molar-refractivity contribution in [2.75, 3.05) is 25.2 Å². The highest BCUT2D eigenvalue weighted by molar-refractivity contribution is 5.99. The molecule has 0 heterocycles. The molecule has 0 aliphatic heterocycles. The number of anilines is 2. The first kappa shape index (κ1) is 13.3. The number of rotatable bonds is 5. The number of carbonyl (C=O) groups excluding carboxylic acids is 1. The van der Waals surface area contributed by atoms with Gasteiger partial charge >= 0.3 is 0 Å². The minimum atomic E-state index is -0.202. The van der Waals surface area contributed by atoms with Crippen LogP contribution in [-0.4, -0.2) is 25.7 Å². The van der Waals surface area contributed by atoms with Gasteiger partial charge in [-0.1, -0.05) is 6.92 Å². The fraction of sp³-hybridized carbons (Fsp3) is 0.417. The molecule has 5 heteroatoms. The number of nitrogens with one attached hydrogen (secondary N) is 1. The number of nitrogens with two attached hydrogens (primary N) is 2. The van der Waals surface area contributed by atoms with E-state index >= 15 is 0 Å². The van der Waals surface area contributed by atoms with E-state index in [1.807, 2.05) is 6.92 Å². The smallest absolute Gasteiger partial charge is 0.253 e. The van der Waals surface area contributed by atoms with Crippen molar-refractivity contribution < 1.29 is 9.53 Å². The van der Waals surface area contributed by atoms with Gasteiger partial charge in [0.25, 0.3) is 5.91 Å². The van der Waals surface area contributed by atoms with Gasteiger partial charge in [0.1, 0.15) is 0 Å². The van der Waals surface area contributed by atoms with E-state index in [0.29, 0.717) is 23.5 Å². The average Bonchev–Trinajstić information content (AvgIpc) is 2.28. The van der Waals surface area contributed by atoms with Gasteiger partial charge in [-0.25, -0.2) is 0 Å². The summed E-state index contributed by atoms with van der Waals surface area (Å²) in [5.74, 6) is -0.202. The quantitative estimate of drug-likeness (QED) is 0.666. The van der Waals surface area contributed by atoms with Crippen molar-refractivity contribution in [2.45, 2.75) is 19.4 Å². The van der Waals surface area contributed by atoms with Gasteiger partial charge in [-0.2, -0.15) is 0 Å². The SMILES string of the molecule is CCC(COC)NC(=O)c1ccc(N)cc1N. The molecular weight excluding hydrogens is 218 g/mol. The fourth-order valence-electron chi connectivity index (χ4n) is 1.51. The number of benzene rings is 1. The summed E-state index contributed by atoms with van der Waals surface area (Å²) in [7, 11) is 1.60. The van der Waals surface area contributed by atoms with E-state index in [4.69, 9.17) is 16.2 Å². The largest absolute Gasteiger partial charge is 0.399 e. The van der Waals surface area contributed by atoms with Gasteiger partial charge in [0.2, 0.25) is 0 Å². The molecule has 1 unspecified atom stereocenters. The number of hydrogen-bond donors (Lipinski definition) is 3. The maximum Gasteiger partial charge on any atom is 0.253 e. The predicted octanol–water partition coefficient (Wildman–Crippen LogP) is 1.01. The average molecular weight is 237 g/mol. The second-order valence-corrected chi connectivity index (χ2v) is 3.88. The van der Waals surface area contributed by atoms with Gasteiger partial charge in [0.05, 0.1) is 18.2 Å². The molecule has 94 valence electrons. The lowest BCUT2D eigenvalue weighted by molar-refractivity contribution is 0.0895. The standard InChI is InChI=1S/C12H19N3O2/c1-3-9(7-17-2)15-12(16)10-5-4-8(13)6-11(10)14/h4-6,9H,3,7,13-14H2,1-2H3,(H,15,16). The Morgan fingerprint density at radius 3 is 2.71 bits per heavy atom. The molecule has 0 saturated heterocycles. The third-order valence-corrected chi connectivity index (χ3v) is 2.52. The molecule has 0 saturated carbocycles. The molecule has 0 aliphatic carbocycles. The van der Waals surface area contributed by atoms with E-state index < -0.39 is 0 Å². The fourth-order valence-corrected chi connectivity index (χ4v) is 1.51. The van der Waals surface area contributed by atoms with E-state index in [2.05, 4.69) is 5.32 Å². The van der Waals surface area contributed by atoms with Crippen LogP contribution in [-0.2, 0) is 4.74 Å². The topological polar surface area (TPSA) is 90.4 Å². The molecule has 5 nitrogen and oxygen atoms in total. The Morgan fingerprint density at radius 2 is 2.18 bits per heavy atom. The van der Waals surface area contributed by atoms with Crippen molar-refractivity contribution in [3.63, 3.8) is 0 Å². The Bertz CT molecular complexity index is 393. The summed E-state index contributed by atoms with van der Waals surface area (Å²) in [4.78, 5) is 11.9. The third-order valence-electron chi connectivity index (χ3n) is 2.52. The first-order chi connectivity index (χ1) is 8.08. The molecule has 17 heavy (non-hydrogen) atoms. The maximum atomic E-state index is 11.9. The Balaban J connectivity index is 2.75. The molecule has 1 aromatic carbocycles. The van der Waals surface area contributed by atoms with Gasteiger partial charge < -0.3 is 21.5 Å². The first-order valence-electron chi connectivity index (χ1n) is 5.53. The van der Waals surface area contributed by atoms with E-state index in [1.54, 1.807) is 25.3 Å². The highest BCUT2D eigenvalue weighted by atomic mass is 16.5. The van der Waals surface area contributed by atoms with Crippen LogP contribution in [0.1, 0.15) is 23.7 Å². The van der Waals surface area contributed by atoms with Crippen LogP contribution in [0.15, 0.2) is 18.2 Å². The Morgan fingerprint density at radius 1 is 1.47 bits per heavy atom. The predicted molar refractivity (Wildman–Crippen MR) is 68.7 cm³/mol. The zero-order chi connectivity index (χ0) is 12.8. The van der Waals surface area contributed by atoms with Crippen LogP contribution in [0, 0.1) is 0 Å². The number of ether oxygens (including phenoxy) is 1. The molecule has 0 radical (unpaired) electrons. The zero-order valence-electron chi connectivity index (χ0n) is 10.2. The number of nitrogen functional groups attached to an aromatic ring is 2. The second-order valence-electron chi connectivity index (χ2n) is 3.88. The first-order valence-corrected chi connectivity index (χ1v) is 5.53. The van der Waals surface area contributed by atoms with Gasteiger partial charge in [-0.3, -0.25) is 4.79 Å². The molecule has 0 aromatic heterocycles. The summed E-state index contributed by atoms with van der Waals surface area (Å²) in [5.41, 5.74) is 12.7. The summed E-state index contributed by atoms with van der Waals surface area (Å²) in [6, 6.07) is 4.85. The third kappa shape index (κ3) is 3.64. The normalized spacial score (nSPS) is 12.1. The summed E-state index contributed by atoms with van der Waals surface area (Å²) in [6.07, 6.45) is 0.800. The van der Waals surface area contributed by atoms with E-state index in [0.717, 1.165) is 6.42 Å². The van der Waals surface area contributed by atoms with Gasteiger partial charge in [0.15, 0.2) is 0 Å². The molecule has 0 fully saturated rings. The Labute approximate surface area is 101 Å². The summed E-state index contributed by atoms with van der Waals surface area (Å²) in [5, 5.41) is 2.86. The van der Waals surface area contributed by atoms with Crippen LogP contribution >= 0.6 is 0 Å². The van der Waals surface area contributed by atoms with E-state index in [9.17, 15) is 4.79 Å². The number of amides is 1. The lowest BCUT2D eigenvalue weighted by Crippen LogP contribution is -2.37. The van der Waals surface area contributed by atoms with Crippen LogP contribution < -0.4 is 16.8 Å². The second kappa shape index (κ2) is 6.10. The Hall–Kier alpha value is -1.75. The minimum Gasteiger partial charge on any atom is -0.399 e. The zero-order valence-corrected chi connectivity index (χ0v) is 10.2. The monoisotopic (exact) mass is 237 g/mol. The number of hydrogen-bond acceptors (Lipinski definition) is 4. The van der Waals surface area contributed by atoms with Crippen molar-refractivity contribution in [3.05, 3.63) is 23.8 Å². The van der Waals surface area contributed by atoms with Gasteiger partial charge in [0, 0.05) is 18.5 Å². The molecule has 0 aliphatic rings. The minimum absolute atomic E-state index is 0.00977. The Kier molecular flexibility index (Phi) is 4.78.